The fourth-order valence-electron chi connectivity index (χ4n) is 2.23. The predicted molar refractivity (Wildman–Crippen MR) is 74.1 cm³/mol. The van der Waals surface area contributed by atoms with Crippen LogP contribution in [0.1, 0.15) is 18.9 Å². The highest BCUT2D eigenvalue weighted by Gasteiger charge is 2.32. The highest BCUT2D eigenvalue weighted by atomic mass is 16.6. The Balaban J connectivity index is 0.000000141. The van der Waals surface area contributed by atoms with Gasteiger partial charge in [0, 0.05) is 19.6 Å². The fraction of sp³-hybridized carbons (Fsp3) is 0.533. The molecule has 0 N–H and O–H groups in total. The largest absolute Gasteiger partial charge is 0.392 e. The summed E-state index contributed by atoms with van der Waals surface area (Å²) < 4.78 is 10.1. The van der Waals surface area contributed by atoms with Crippen molar-refractivity contribution in [3.05, 3.63) is 35.9 Å². The van der Waals surface area contributed by atoms with Crippen molar-refractivity contribution in [2.45, 2.75) is 26.1 Å². The van der Waals surface area contributed by atoms with Crippen molar-refractivity contribution in [1.29, 1.82) is 0 Å². The van der Waals surface area contributed by atoms with Crippen molar-refractivity contribution in [3.8, 4) is 0 Å². The van der Waals surface area contributed by atoms with Crippen LogP contribution in [0.3, 0.4) is 0 Å². The lowest BCUT2D eigenvalue weighted by Gasteiger charge is -2.19. The third kappa shape index (κ3) is 4.04. The third-order valence-electron chi connectivity index (χ3n) is 3.31. The summed E-state index contributed by atoms with van der Waals surface area (Å²) in [6, 6.07) is 10.1. The van der Waals surface area contributed by atoms with Crippen LogP contribution < -0.4 is 0 Å². The molecule has 0 aromatic heterocycles. The second kappa shape index (κ2) is 7.26. The number of ether oxygens (including phenoxy) is 2. The maximum absolute atomic E-state index is 5.22. The molecule has 0 bridgehead atoms. The Labute approximate surface area is 114 Å². The minimum atomic E-state index is 0.277. The molecule has 2 heterocycles. The van der Waals surface area contributed by atoms with Crippen LogP contribution in [0.15, 0.2) is 35.5 Å². The summed E-state index contributed by atoms with van der Waals surface area (Å²) in [5.41, 5.74) is 2.32. The van der Waals surface area contributed by atoms with Crippen molar-refractivity contribution in [2.24, 2.45) is 11.1 Å². The highest BCUT2D eigenvalue weighted by Crippen LogP contribution is 2.24. The highest BCUT2D eigenvalue weighted by molar-refractivity contribution is 5.89. The van der Waals surface area contributed by atoms with E-state index in [0.717, 1.165) is 18.7 Å². The zero-order valence-electron chi connectivity index (χ0n) is 11.5. The van der Waals surface area contributed by atoms with E-state index in [0.29, 0.717) is 19.1 Å². The molecule has 1 aromatic carbocycles. The lowest BCUT2D eigenvalue weighted by atomic mass is 9.94. The van der Waals surface area contributed by atoms with E-state index in [9.17, 15) is 0 Å². The van der Waals surface area contributed by atoms with Crippen LogP contribution in [0.25, 0.3) is 0 Å². The van der Waals surface area contributed by atoms with Gasteiger partial charge in [-0.2, -0.15) is 0 Å². The van der Waals surface area contributed by atoms with Gasteiger partial charge in [-0.1, -0.05) is 35.5 Å². The molecule has 0 amide bonds. The number of methoxy groups -OCH3 is 1. The quantitative estimate of drug-likeness (QED) is 0.823. The Kier molecular flexibility index (Phi) is 5.36. The van der Waals surface area contributed by atoms with Crippen LogP contribution in [-0.4, -0.2) is 32.1 Å². The van der Waals surface area contributed by atoms with Gasteiger partial charge in [-0.3, -0.25) is 0 Å². The first-order valence-corrected chi connectivity index (χ1v) is 6.64. The number of hydrogen-bond donors (Lipinski definition) is 0. The third-order valence-corrected chi connectivity index (χ3v) is 3.31. The summed E-state index contributed by atoms with van der Waals surface area (Å²) >= 11 is 0. The standard InChI is InChI=1S/C8H10O.C7H11NO2/c1-9-7-8-5-3-2-4-6-8;1-5-6-2-3-9-4-7(6)8-10-5/h2-6H,7H2,1H3;5-6H,2-4H2,1H3. The van der Waals surface area contributed by atoms with Gasteiger partial charge in [0.05, 0.1) is 18.9 Å². The van der Waals surface area contributed by atoms with Gasteiger partial charge in [-0.25, -0.2) is 0 Å². The van der Waals surface area contributed by atoms with E-state index >= 15 is 0 Å². The predicted octanol–water partition coefficient (Wildman–Crippen LogP) is 2.63. The molecule has 2 atom stereocenters. The van der Waals surface area contributed by atoms with Crippen LogP contribution in [0.2, 0.25) is 0 Å². The van der Waals surface area contributed by atoms with Crippen LogP contribution in [0.5, 0.6) is 0 Å². The Hall–Kier alpha value is -1.39. The normalized spacial score (nSPS) is 24.6. The van der Waals surface area contributed by atoms with E-state index < -0.39 is 0 Å². The average Bonchev–Trinajstić information content (AvgIpc) is 2.84. The summed E-state index contributed by atoms with van der Waals surface area (Å²) in [5.74, 6) is 0.536. The molecule has 3 rings (SSSR count). The molecule has 2 aliphatic heterocycles. The molecular weight excluding hydrogens is 242 g/mol. The number of hydrogen-bond acceptors (Lipinski definition) is 4. The van der Waals surface area contributed by atoms with Gasteiger partial charge in [0.2, 0.25) is 0 Å². The first kappa shape index (κ1) is 14.0. The van der Waals surface area contributed by atoms with Crippen LogP contribution >= 0.6 is 0 Å². The van der Waals surface area contributed by atoms with E-state index in [-0.39, 0.29) is 6.10 Å². The molecule has 1 aromatic rings. The average molecular weight is 263 g/mol. The van der Waals surface area contributed by atoms with Crippen molar-refractivity contribution in [1.82, 2.24) is 0 Å². The van der Waals surface area contributed by atoms with Crippen molar-refractivity contribution in [2.75, 3.05) is 20.3 Å². The van der Waals surface area contributed by atoms with Crippen molar-refractivity contribution in [3.63, 3.8) is 0 Å². The molecule has 19 heavy (non-hydrogen) atoms. The number of fused-ring (bicyclic) bond motifs is 1. The van der Waals surface area contributed by atoms with E-state index in [1.165, 1.54) is 5.56 Å². The van der Waals surface area contributed by atoms with Gasteiger partial charge in [-0.15, -0.1) is 0 Å². The van der Waals surface area contributed by atoms with E-state index in [4.69, 9.17) is 14.3 Å². The summed E-state index contributed by atoms with van der Waals surface area (Å²) in [6.45, 7) is 4.31. The second-order valence-corrected chi connectivity index (χ2v) is 4.76. The van der Waals surface area contributed by atoms with Crippen molar-refractivity contribution >= 4 is 5.71 Å². The molecule has 2 aliphatic rings. The topological polar surface area (TPSA) is 40.0 Å². The van der Waals surface area contributed by atoms with Gasteiger partial charge in [-0.05, 0) is 18.9 Å². The van der Waals surface area contributed by atoms with E-state index in [2.05, 4.69) is 12.1 Å². The molecule has 2 unspecified atom stereocenters. The first-order chi connectivity index (χ1) is 9.31. The van der Waals surface area contributed by atoms with Crippen LogP contribution in [0, 0.1) is 5.92 Å². The molecule has 4 nitrogen and oxygen atoms in total. The second-order valence-electron chi connectivity index (χ2n) is 4.76. The number of nitrogens with zero attached hydrogens (tertiary/aromatic N) is 1. The zero-order chi connectivity index (χ0) is 13.5. The molecule has 0 spiro atoms. The minimum absolute atomic E-state index is 0.277. The molecule has 0 saturated carbocycles. The SMILES string of the molecule is CC1ON=C2COCCC21.COCc1ccccc1. The number of rotatable bonds is 2. The van der Waals surface area contributed by atoms with E-state index in [1.54, 1.807) is 7.11 Å². The molecular formula is C15H21NO3. The Bertz CT molecular complexity index is 405. The van der Waals surface area contributed by atoms with Gasteiger partial charge in [0.15, 0.2) is 0 Å². The van der Waals surface area contributed by atoms with Crippen LogP contribution in [0.4, 0.5) is 0 Å². The number of oxime groups is 1. The summed E-state index contributed by atoms with van der Waals surface area (Å²) in [7, 11) is 1.70. The zero-order valence-corrected chi connectivity index (χ0v) is 11.5. The summed E-state index contributed by atoms with van der Waals surface area (Å²) in [6.07, 6.45) is 1.35. The van der Waals surface area contributed by atoms with Gasteiger partial charge < -0.3 is 14.3 Å². The van der Waals surface area contributed by atoms with Crippen LogP contribution in [-0.2, 0) is 20.9 Å². The Morgan fingerprint density at radius 3 is 2.79 bits per heavy atom. The molecule has 104 valence electrons. The van der Waals surface area contributed by atoms with Gasteiger partial charge in [0.1, 0.15) is 6.10 Å². The lowest BCUT2D eigenvalue weighted by Crippen LogP contribution is -2.30. The summed E-state index contributed by atoms with van der Waals surface area (Å²) in [5, 5.41) is 3.93. The first-order valence-electron chi connectivity index (χ1n) is 6.64. The smallest absolute Gasteiger partial charge is 0.133 e. The maximum Gasteiger partial charge on any atom is 0.133 e. The fourth-order valence-corrected chi connectivity index (χ4v) is 2.23. The summed E-state index contributed by atoms with van der Waals surface area (Å²) in [4.78, 5) is 5.11. The van der Waals surface area contributed by atoms with Crippen molar-refractivity contribution < 1.29 is 14.3 Å². The maximum atomic E-state index is 5.22. The Morgan fingerprint density at radius 1 is 1.32 bits per heavy atom. The molecule has 0 radical (unpaired) electrons. The molecule has 1 fully saturated rings. The molecule has 0 aliphatic carbocycles. The van der Waals surface area contributed by atoms with E-state index in [1.807, 2.05) is 30.3 Å². The Morgan fingerprint density at radius 2 is 2.11 bits per heavy atom. The molecule has 4 heteroatoms. The number of benzene rings is 1. The lowest BCUT2D eigenvalue weighted by molar-refractivity contribution is 0.0613. The minimum Gasteiger partial charge on any atom is -0.392 e. The molecule has 1 saturated heterocycles. The van der Waals surface area contributed by atoms with Gasteiger partial charge in [0.25, 0.3) is 0 Å². The monoisotopic (exact) mass is 263 g/mol. The van der Waals surface area contributed by atoms with Gasteiger partial charge >= 0.3 is 0 Å².